The predicted molar refractivity (Wildman–Crippen MR) is 96.9 cm³/mol. The van der Waals surface area contributed by atoms with Crippen LogP contribution in [-0.4, -0.2) is 44.2 Å². The van der Waals surface area contributed by atoms with E-state index in [1.807, 2.05) is 24.3 Å². The molecule has 0 aliphatic heterocycles. The number of hydrogen-bond acceptors (Lipinski definition) is 3. The zero-order chi connectivity index (χ0) is 17.7. The number of sulfonamides is 1. The van der Waals surface area contributed by atoms with E-state index in [0.717, 1.165) is 14.3 Å². The molecule has 7 heteroatoms. The summed E-state index contributed by atoms with van der Waals surface area (Å²) in [7, 11) is -0.605. The number of benzene rings is 2. The molecule has 0 aliphatic rings. The predicted octanol–water partition coefficient (Wildman–Crippen LogP) is 2.73. The molecule has 128 valence electrons. The molecule has 0 spiro atoms. The molecule has 2 rings (SSSR count). The topological polar surface area (TPSA) is 57.7 Å². The molecule has 0 aromatic heterocycles. The fraction of sp³-hybridized carbons (Fsp3) is 0.235. The van der Waals surface area contributed by atoms with Crippen molar-refractivity contribution >= 4 is 31.9 Å². The number of likely N-dealkylation sites (N-methyl/N-ethyl adjacent to an activating group) is 2. The second kappa shape index (κ2) is 7.92. The number of carbonyl (C=O) groups excluding carboxylic acids is 1. The summed E-state index contributed by atoms with van der Waals surface area (Å²) in [6.07, 6.45) is 0. The van der Waals surface area contributed by atoms with Gasteiger partial charge in [-0.1, -0.05) is 52.3 Å². The molecule has 2 aromatic rings. The van der Waals surface area contributed by atoms with Gasteiger partial charge in [-0.2, -0.15) is 4.31 Å². The van der Waals surface area contributed by atoms with Gasteiger partial charge in [0.25, 0.3) is 0 Å². The van der Waals surface area contributed by atoms with Gasteiger partial charge in [-0.15, -0.1) is 0 Å². The van der Waals surface area contributed by atoms with Gasteiger partial charge in [0.15, 0.2) is 0 Å². The smallest absolute Gasteiger partial charge is 0.243 e. The summed E-state index contributed by atoms with van der Waals surface area (Å²) >= 11 is 3.44. The summed E-state index contributed by atoms with van der Waals surface area (Å²) in [5, 5.41) is 0. The van der Waals surface area contributed by atoms with Crippen molar-refractivity contribution in [1.29, 1.82) is 0 Å². The lowest BCUT2D eigenvalue weighted by molar-refractivity contribution is -0.130. The zero-order valence-electron chi connectivity index (χ0n) is 13.5. The maximum atomic E-state index is 12.5. The van der Waals surface area contributed by atoms with Gasteiger partial charge < -0.3 is 4.90 Å². The number of hydrogen-bond donors (Lipinski definition) is 0. The summed E-state index contributed by atoms with van der Waals surface area (Å²) in [6, 6.07) is 15.7. The largest absolute Gasteiger partial charge is 0.340 e. The molecule has 0 heterocycles. The Morgan fingerprint density at radius 3 is 2.21 bits per heavy atom. The van der Waals surface area contributed by atoms with Gasteiger partial charge >= 0.3 is 0 Å². The zero-order valence-corrected chi connectivity index (χ0v) is 15.9. The van der Waals surface area contributed by atoms with Gasteiger partial charge in [-0.05, 0) is 23.8 Å². The van der Waals surface area contributed by atoms with E-state index in [0.29, 0.717) is 6.54 Å². The number of rotatable bonds is 6. The third-order valence-corrected chi connectivity index (χ3v) is 6.19. The van der Waals surface area contributed by atoms with Crippen molar-refractivity contribution in [2.45, 2.75) is 11.4 Å². The molecular formula is C17H19BrN2O3S. The van der Waals surface area contributed by atoms with E-state index in [9.17, 15) is 13.2 Å². The van der Waals surface area contributed by atoms with Gasteiger partial charge in [0, 0.05) is 25.1 Å². The van der Waals surface area contributed by atoms with Crippen molar-refractivity contribution < 1.29 is 13.2 Å². The number of amides is 1. The molecule has 0 saturated carbocycles. The van der Waals surface area contributed by atoms with E-state index in [1.54, 1.807) is 25.2 Å². The van der Waals surface area contributed by atoms with Crippen LogP contribution in [0.15, 0.2) is 64.0 Å². The summed E-state index contributed by atoms with van der Waals surface area (Å²) < 4.78 is 26.9. The molecule has 0 bridgehead atoms. The van der Waals surface area contributed by atoms with Gasteiger partial charge in [0.1, 0.15) is 0 Å². The Kier molecular flexibility index (Phi) is 6.15. The van der Waals surface area contributed by atoms with E-state index in [2.05, 4.69) is 15.9 Å². The Morgan fingerprint density at radius 2 is 1.58 bits per heavy atom. The molecule has 0 saturated heterocycles. The van der Waals surface area contributed by atoms with Crippen LogP contribution in [0.2, 0.25) is 0 Å². The first kappa shape index (κ1) is 18.6. The van der Waals surface area contributed by atoms with E-state index >= 15 is 0 Å². The molecule has 24 heavy (non-hydrogen) atoms. The highest BCUT2D eigenvalue weighted by atomic mass is 79.9. The molecule has 0 radical (unpaired) electrons. The first-order valence-electron chi connectivity index (χ1n) is 7.31. The molecule has 1 amide bonds. The minimum atomic E-state index is -3.67. The van der Waals surface area contributed by atoms with Gasteiger partial charge in [0.2, 0.25) is 15.9 Å². The highest BCUT2D eigenvalue weighted by molar-refractivity contribution is 9.10. The monoisotopic (exact) mass is 410 g/mol. The fourth-order valence-corrected chi connectivity index (χ4v) is 3.69. The third kappa shape index (κ3) is 4.43. The highest BCUT2D eigenvalue weighted by Crippen LogP contribution is 2.18. The first-order chi connectivity index (χ1) is 11.3. The molecule has 0 atom stereocenters. The number of nitrogens with zero attached hydrogens (tertiary/aromatic N) is 2. The average molecular weight is 411 g/mol. The second-order valence-corrected chi connectivity index (χ2v) is 8.31. The van der Waals surface area contributed by atoms with E-state index in [-0.39, 0.29) is 17.3 Å². The molecule has 2 aromatic carbocycles. The SMILES string of the molecule is CN(Cc1ccccc1Br)C(=O)CN(C)S(=O)(=O)c1ccccc1. The average Bonchev–Trinajstić information content (AvgIpc) is 2.57. The minimum Gasteiger partial charge on any atom is -0.340 e. The molecular weight excluding hydrogens is 392 g/mol. The van der Waals surface area contributed by atoms with Crippen molar-refractivity contribution in [3.8, 4) is 0 Å². The van der Waals surface area contributed by atoms with Crippen LogP contribution in [0, 0.1) is 0 Å². The van der Waals surface area contributed by atoms with Crippen LogP contribution in [0.5, 0.6) is 0 Å². The summed E-state index contributed by atoms with van der Waals surface area (Å²) in [4.78, 5) is 14.0. The van der Waals surface area contributed by atoms with E-state index in [1.165, 1.54) is 24.1 Å². The maximum absolute atomic E-state index is 12.5. The Labute approximate surface area is 151 Å². The summed E-state index contributed by atoms with van der Waals surface area (Å²) in [6.45, 7) is 0.192. The number of carbonyl (C=O) groups is 1. The second-order valence-electron chi connectivity index (χ2n) is 5.42. The molecule has 0 fully saturated rings. The van der Waals surface area contributed by atoms with E-state index in [4.69, 9.17) is 0 Å². The Bertz CT molecular complexity index is 810. The fourth-order valence-electron chi connectivity index (χ4n) is 2.14. The Morgan fingerprint density at radius 1 is 1.00 bits per heavy atom. The lowest BCUT2D eigenvalue weighted by Crippen LogP contribution is -2.39. The van der Waals surface area contributed by atoms with Crippen LogP contribution in [-0.2, 0) is 21.4 Å². The van der Waals surface area contributed by atoms with Crippen molar-refractivity contribution in [2.24, 2.45) is 0 Å². The van der Waals surface area contributed by atoms with Crippen molar-refractivity contribution in [3.05, 3.63) is 64.6 Å². The first-order valence-corrected chi connectivity index (χ1v) is 9.54. The third-order valence-electron chi connectivity index (χ3n) is 3.60. The quantitative estimate of drug-likeness (QED) is 0.735. The van der Waals surface area contributed by atoms with Crippen molar-refractivity contribution in [3.63, 3.8) is 0 Å². The molecule has 0 unspecified atom stereocenters. The van der Waals surface area contributed by atoms with Crippen LogP contribution in [0.4, 0.5) is 0 Å². The molecule has 0 N–H and O–H groups in total. The lowest BCUT2D eigenvalue weighted by atomic mass is 10.2. The minimum absolute atomic E-state index is 0.175. The van der Waals surface area contributed by atoms with E-state index < -0.39 is 10.0 Å². The van der Waals surface area contributed by atoms with Crippen LogP contribution in [0.1, 0.15) is 5.56 Å². The lowest BCUT2D eigenvalue weighted by Gasteiger charge is -2.22. The van der Waals surface area contributed by atoms with Crippen molar-refractivity contribution in [2.75, 3.05) is 20.6 Å². The van der Waals surface area contributed by atoms with Crippen LogP contribution < -0.4 is 0 Å². The van der Waals surface area contributed by atoms with Gasteiger partial charge in [-0.3, -0.25) is 4.79 Å². The number of halogens is 1. The highest BCUT2D eigenvalue weighted by Gasteiger charge is 2.24. The van der Waals surface area contributed by atoms with Crippen molar-refractivity contribution in [1.82, 2.24) is 9.21 Å². The standard InChI is InChI=1S/C17H19BrN2O3S/c1-19(12-14-8-6-7-11-16(14)18)17(21)13-20(2)24(22,23)15-9-4-3-5-10-15/h3-11H,12-13H2,1-2H3. The normalized spacial score (nSPS) is 11.5. The van der Waals surface area contributed by atoms with Crippen LogP contribution in [0.3, 0.4) is 0 Å². The van der Waals surface area contributed by atoms with Gasteiger partial charge in [0.05, 0.1) is 11.4 Å². The maximum Gasteiger partial charge on any atom is 0.243 e. The molecule has 0 aliphatic carbocycles. The summed E-state index contributed by atoms with van der Waals surface area (Å²) in [5.74, 6) is -0.271. The van der Waals surface area contributed by atoms with Crippen LogP contribution >= 0.6 is 15.9 Å². The van der Waals surface area contributed by atoms with Gasteiger partial charge in [-0.25, -0.2) is 8.42 Å². The summed E-state index contributed by atoms with van der Waals surface area (Å²) in [5.41, 5.74) is 0.960. The Hall–Kier alpha value is -1.70. The van der Waals surface area contributed by atoms with Crippen LogP contribution in [0.25, 0.3) is 0 Å². The molecule has 5 nitrogen and oxygen atoms in total. The Balaban J connectivity index is 2.04.